The number of aromatic nitrogens is 2. The molecule has 2 aromatic carbocycles. The summed E-state index contributed by atoms with van der Waals surface area (Å²) in [6.45, 7) is 10.7. The molecule has 166 valence electrons. The van der Waals surface area contributed by atoms with E-state index >= 15 is 0 Å². The Bertz CT molecular complexity index is 969. The zero-order chi connectivity index (χ0) is 21.6. The molecule has 0 bridgehead atoms. The van der Waals surface area contributed by atoms with Crippen LogP contribution in [0.4, 0.5) is 0 Å². The lowest BCUT2D eigenvalue weighted by molar-refractivity contribution is 0.0483. The Labute approximate surface area is 185 Å². The molecule has 1 unspecified atom stereocenters. The maximum Gasteiger partial charge on any atom is 0.124 e. The fourth-order valence-electron chi connectivity index (χ4n) is 4.62. The second-order valence-corrected chi connectivity index (χ2v) is 8.21. The number of rotatable bonds is 9. The van der Waals surface area contributed by atoms with Crippen molar-refractivity contribution < 1.29 is 9.84 Å². The predicted molar refractivity (Wildman–Crippen MR) is 124 cm³/mol. The first-order valence-electron chi connectivity index (χ1n) is 11.4. The van der Waals surface area contributed by atoms with E-state index in [1.807, 2.05) is 19.1 Å². The van der Waals surface area contributed by atoms with Gasteiger partial charge in [-0.05, 0) is 50.1 Å². The van der Waals surface area contributed by atoms with Crippen molar-refractivity contribution in [1.82, 2.24) is 19.4 Å². The van der Waals surface area contributed by atoms with Crippen molar-refractivity contribution >= 4 is 11.0 Å². The number of imidazole rings is 1. The Morgan fingerprint density at radius 3 is 2.58 bits per heavy atom. The van der Waals surface area contributed by atoms with E-state index in [1.165, 1.54) is 11.1 Å². The van der Waals surface area contributed by atoms with E-state index in [2.05, 4.69) is 57.7 Å². The lowest BCUT2D eigenvalue weighted by Crippen LogP contribution is -2.52. The molecule has 0 aliphatic carbocycles. The van der Waals surface area contributed by atoms with Gasteiger partial charge in [0.1, 0.15) is 11.6 Å². The first-order valence-corrected chi connectivity index (χ1v) is 11.4. The number of piperazine rings is 1. The van der Waals surface area contributed by atoms with Gasteiger partial charge < -0.3 is 14.4 Å². The zero-order valence-electron chi connectivity index (χ0n) is 18.7. The lowest BCUT2D eigenvalue weighted by Gasteiger charge is -2.41. The van der Waals surface area contributed by atoms with E-state index in [9.17, 15) is 5.11 Å². The van der Waals surface area contributed by atoms with Crippen LogP contribution in [0, 0.1) is 0 Å². The molecule has 3 aromatic rings. The normalized spacial score (nSPS) is 18.0. The highest BCUT2D eigenvalue weighted by molar-refractivity contribution is 5.75. The fraction of sp³-hybridized carbons (Fsp3) is 0.480. The fourth-order valence-corrected chi connectivity index (χ4v) is 4.62. The van der Waals surface area contributed by atoms with Gasteiger partial charge in [0.15, 0.2) is 0 Å². The SMILES string of the molecule is CCOc1ccc(CN2CCN(Cc3nc4ccccc4n3CC)CC2CCO)cc1. The average Bonchev–Trinajstić information content (AvgIpc) is 3.14. The van der Waals surface area contributed by atoms with Crippen molar-refractivity contribution in [3.05, 3.63) is 59.9 Å². The number of aliphatic hydroxyl groups excluding tert-OH is 1. The monoisotopic (exact) mass is 422 g/mol. The molecule has 1 aliphatic rings. The van der Waals surface area contributed by atoms with Crippen molar-refractivity contribution in [3.8, 4) is 5.75 Å². The molecule has 0 radical (unpaired) electrons. The number of hydrogen-bond acceptors (Lipinski definition) is 5. The smallest absolute Gasteiger partial charge is 0.124 e. The Hall–Kier alpha value is -2.41. The molecule has 1 saturated heterocycles. The van der Waals surface area contributed by atoms with Gasteiger partial charge in [-0.15, -0.1) is 0 Å². The van der Waals surface area contributed by atoms with Crippen LogP contribution < -0.4 is 4.74 Å². The van der Waals surface area contributed by atoms with Gasteiger partial charge in [0.25, 0.3) is 0 Å². The van der Waals surface area contributed by atoms with Crippen LogP contribution in [0.25, 0.3) is 11.0 Å². The van der Waals surface area contributed by atoms with Gasteiger partial charge in [-0.1, -0.05) is 24.3 Å². The number of aryl methyl sites for hydroxylation is 1. The van der Waals surface area contributed by atoms with Gasteiger partial charge in [0, 0.05) is 45.4 Å². The Morgan fingerprint density at radius 2 is 1.84 bits per heavy atom. The highest BCUT2D eigenvalue weighted by atomic mass is 16.5. The summed E-state index contributed by atoms with van der Waals surface area (Å²) in [4.78, 5) is 9.90. The summed E-state index contributed by atoms with van der Waals surface area (Å²) in [6, 6.07) is 17.1. The van der Waals surface area contributed by atoms with E-state index in [0.29, 0.717) is 12.6 Å². The number of benzene rings is 2. The van der Waals surface area contributed by atoms with Crippen molar-refractivity contribution in [2.24, 2.45) is 0 Å². The molecule has 2 heterocycles. The maximum atomic E-state index is 9.67. The van der Waals surface area contributed by atoms with Crippen molar-refractivity contribution in [3.63, 3.8) is 0 Å². The molecule has 1 aromatic heterocycles. The quantitative estimate of drug-likeness (QED) is 0.572. The summed E-state index contributed by atoms with van der Waals surface area (Å²) in [6.07, 6.45) is 0.789. The second kappa shape index (κ2) is 10.3. The van der Waals surface area contributed by atoms with E-state index in [1.54, 1.807) is 0 Å². The number of para-hydroxylation sites is 2. The highest BCUT2D eigenvalue weighted by Crippen LogP contribution is 2.22. The standard InChI is InChI=1S/C25H34N4O2/c1-3-29-24-8-6-5-7-23(24)26-25(29)19-27-14-15-28(21(18-27)13-16-30)17-20-9-11-22(12-10-20)31-4-2/h5-12,21,30H,3-4,13-19H2,1-2H3. The zero-order valence-corrected chi connectivity index (χ0v) is 18.7. The number of aliphatic hydroxyl groups is 1. The Morgan fingerprint density at radius 1 is 1.03 bits per heavy atom. The minimum Gasteiger partial charge on any atom is -0.494 e. The van der Waals surface area contributed by atoms with Crippen LogP contribution in [-0.2, 0) is 19.6 Å². The van der Waals surface area contributed by atoms with Crippen LogP contribution in [-0.4, -0.2) is 63.3 Å². The van der Waals surface area contributed by atoms with Gasteiger partial charge in [-0.3, -0.25) is 9.80 Å². The summed E-state index contributed by atoms with van der Waals surface area (Å²) in [7, 11) is 0. The number of fused-ring (bicyclic) bond motifs is 1. The predicted octanol–water partition coefficient (Wildman–Crippen LogP) is 3.52. The van der Waals surface area contributed by atoms with Crippen LogP contribution in [0.2, 0.25) is 0 Å². The molecular weight excluding hydrogens is 388 g/mol. The molecule has 6 nitrogen and oxygen atoms in total. The van der Waals surface area contributed by atoms with Gasteiger partial charge in [-0.2, -0.15) is 0 Å². The summed E-state index contributed by atoms with van der Waals surface area (Å²) in [5, 5.41) is 9.67. The minimum absolute atomic E-state index is 0.214. The van der Waals surface area contributed by atoms with Gasteiger partial charge >= 0.3 is 0 Å². The molecular formula is C25H34N4O2. The molecule has 6 heteroatoms. The topological polar surface area (TPSA) is 53.8 Å². The summed E-state index contributed by atoms with van der Waals surface area (Å²) in [5.74, 6) is 2.05. The molecule has 0 spiro atoms. The highest BCUT2D eigenvalue weighted by Gasteiger charge is 2.27. The Balaban J connectivity index is 1.43. The molecule has 0 amide bonds. The van der Waals surface area contributed by atoms with Crippen LogP contribution >= 0.6 is 0 Å². The van der Waals surface area contributed by atoms with E-state index in [-0.39, 0.29) is 6.61 Å². The average molecular weight is 423 g/mol. The van der Waals surface area contributed by atoms with E-state index in [4.69, 9.17) is 9.72 Å². The summed E-state index contributed by atoms with van der Waals surface area (Å²) in [5.41, 5.74) is 3.56. The van der Waals surface area contributed by atoms with Crippen molar-refractivity contribution in [1.29, 1.82) is 0 Å². The number of hydrogen-bond donors (Lipinski definition) is 1. The largest absolute Gasteiger partial charge is 0.494 e. The molecule has 1 atom stereocenters. The molecule has 1 aliphatic heterocycles. The number of ether oxygens (including phenoxy) is 1. The summed E-state index contributed by atoms with van der Waals surface area (Å²) >= 11 is 0. The molecule has 1 N–H and O–H groups in total. The van der Waals surface area contributed by atoms with Gasteiger partial charge in [-0.25, -0.2) is 4.98 Å². The lowest BCUT2D eigenvalue weighted by atomic mass is 10.1. The molecule has 0 saturated carbocycles. The van der Waals surface area contributed by atoms with Gasteiger partial charge in [0.2, 0.25) is 0 Å². The van der Waals surface area contributed by atoms with Crippen molar-refractivity contribution in [2.45, 2.75) is 45.9 Å². The first kappa shape index (κ1) is 21.8. The maximum absolute atomic E-state index is 9.67. The van der Waals surface area contributed by atoms with Crippen LogP contribution in [0.5, 0.6) is 5.75 Å². The number of nitrogens with zero attached hydrogens (tertiary/aromatic N) is 4. The van der Waals surface area contributed by atoms with Crippen molar-refractivity contribution in [2.75, 3.05) is 32.8 Å². The molecule has 31 heavy (non-hydrogen) atoms. The van der Waals surface area contributed by atoms with E-state index in [0.717, 1.165) is 62.8 Å². The van der Waals surface area contributed by atoms with Crippen LogP contribution in [0.1, 0.15) is 31.7 Å². The van der Waals surface area contributed by atoms with E-state index < -0.39 is 0 Å². The Kier molecular flexibility index (Phi) is 7.22. The third-order valence-electron chi connectivity index (χ3n) is 6.19. The summed E-state index contributed by atoms with van der Waals surface area (Å²) < 4.78 is 7.88. The first-order chi connectivity index (χ1) is 15.2. The third-order valence-corrected chi connectivity index (χ3v) is 6.19. The third kappa shape index (κ3) is 5.09. The molecule has 1 fully saturated rings. The van der Waals surface area contributed by atoms with Gasteiger partial charge in [0.05, 0.1) is 24.2 Å². The second-order valence-electron chi connectivity index (χ2n) is 8.21. The minimum atomic E-state index is 0.214. The molecule has 4 rings (SSSR count). The van der Waals surface area contributed by atoms with Crippen LogP contribution in [0.15, 0.2) is 48.5 Å². The van der Waals surface area contributed by atoms with Crippen LogP contribution in [0.3, 0.4) is 0 Å².